The maximum Gasteiger partial charge on any atom is 0.313 e. The number of rotatable bonds is 12. The van der Waals surface area contributed by atoms with Gasteiger partial charge in [-0.1, -0.05) is 18.2 Å². The second kappa shape index (κ2) is 11.5. The number of β-lactam (4-membered cyclic amide) rings is 1. The van der Waals surface area contributed by atoms with Crippen molar-refractivity contribution in [3.63, 3.8) is 0 Å². The number of hydrogen-bond donors (Lipinski definition) is 2. The van der Waals surface area contributed by atoms with Crippen molar-refractivity contribution in [3.05, 3.63) is 70.3 Å². The van der Waals surface area contributed by atoms with Crippen LogP contribution in [-0.2, 0) is 30.5 Å². The average molecular weight is 469 g/mol. The minimum absolute atomic E-state index is 0.0183. The molecule has 11 nitrogen and oxygen atoms in total. The Labute approximate surface area is 194 Å². The van der Waals surface area contributed by atoms with Gasteiger partial charge in [0.15, 0.2) is 6.61 Å². The molecule has 1 saturated heterocycles. The van der Waals surface area contributed by atoms with Crippen LogP contribution in [0.25, 0.3) is 0 Å². The van der Waals surface area contributed by atoms with Gasteiger partial charge in [0.25, 0.3) is 11.6 Å². The van der Waals surface area contributed by atoms with Gasteiger partial charge < -0.3 is 20.1 Å². The molecule has 2 N–H and O–H groups in total. The molecule has 0 saturated carbocycles. The summed E-state index contributed by atoms with van der Waals surface area (Å²) in [7, 11) is 0. The number of carbonyl (C=O) groups is 4. The van der Waals surface area contributed by atoms with Crippen LogP contribution in [0.15, 0.2) is 54.6 Å². The predicted octanol–water partition coefficient (Wildman–Crippen LogP) is 1.44. The molecule has 11 heteroatoms. The number of hydrogen-bond acceptors (Lipinski definition) is 8. The van der Waals surface area contributed by atoms with E-state index in [4.69, 9.17) is 9.47 Å². The minimum atomic E-state index is -0.770. The SMILES string of the molecule is O=C(CCC1NC(=O)C1NC(=O)COc1ccccc1)CC(=O)OCc1ccc([N+](=O)[O-])cc1. The van der Waals surface area contributed by atoms with Gasteiger partial charge in [-0.15, -0.1) is 0 Å². The summed E-state index contributed by atoms with van der Waals surface area (Å²) in [6, 6.07) is 13.1. The minimum Gasteiger partial charge on any atom is -0.484 e. The molecule has 2 aromatic rings. The lowest BCUT2D eigenvalue weighted by Crippen LogP contribution is -2.69. The molecule has 34 heavy (non-hydrogen) atoms. The van der Waals surface area contributed by atoms with E-state index in [1.807, 2.05) is 6.07 Å². The second-order valence-corrected chi connectivity index (χ2v) is 7.60. The Kier molecular flexibility index (Phi) is 8.27. The molecule has 1 heterocycles. The molecule has 3 rings (SSSR count). The fourth-order valence-electron chi connectivity index (χ4n) is 3.22. The summed E-state index contributed by atoms with van der Waals surface area (Å²) in [5, 5.41) is 15.9. The van der Waals surface area contributed by atoms with Gasteiger partial charge in [-0.05, 0) is 36.2 Å². The van der Waals surface area contributed by atoms with Crippen molar-refractivity contribution in [2.24, 2.45) is 0 Å². The van der Waals surface area contributed by atoms with Gasteiger partial charge in [0.2, 0.25) is 5.91 Å². The molecule has 0 spiro atoms. The second-order valence-electron chi connectivity index (χ2n) is 7.60. The molecular weight excluding hydrogens is 446 g/mol. The van der Waals surface area contributed by atoms with E-state index in [1.165, 1.54) is 24.3 Å². The number of nitrogens with one attached hydrogen (secondary N) is 2. The Morgan fingerprint density at radius 3 is 2.41 bits per heavy atom. The topological polar surface area (TPSA) is 154 Å². The molecular formula is C23H23N3O8. The number of para-hydroxylation sites is 1. The number of ketones is 1. The molecule has 0 bridgehead atoms. The first-order valence-corrected chi connectivity index (χ1v) is 10.5. The number of benzene rings is 2. The third-order valence-corrected chi connectivity index (χ3v) is 5.06. The zero-order chi connectivity index (χ0) is 24.5. The summed E-state index contributed by atoms with van der Waals surface area (Å²) in [5.41, 5.74) is 0.477. The number of carbonyl (C=O) groups excluding carboxylic acids is 4. The number of esters is 1. The van der Waals surface area contributed by atoms with E-state index < -0.39 is 35.3 Å². The van der Waals surface area contributed by atoms with E-state index in [-0.39, 0.29) is 43.4 Å². The van der Waals surface area contributed by atoms with Gasteiger partial charge in [0, 0.05) is 18.6 Å². The molecule has 0 radical (unpaired) electrons. The first-order valence-electron chi connectivity index (χ1n) is 10.5. The third-order valence-electron chi connectivity index (χ3n) is 5.06. The Bertz CT molecular complexity index is 1060. The Balaban J connectivity index is 1.34. The van der Waals surface area contributed by atoms with Crippen molar-refractivity contribution in [3.8, 4) is 5.75 Å². The summed E-state index contributed by atoms with van der Waals surface area (Å²) in [6.45, 7) is -0.359. The number of amides is 2. The zero-order valence-electron chi connectivity index (χ0n) is 18.1. The first kappa shape index (κ1) is 24.4. The molecule has 2 unspecified atom stereocenters. The van der Waals surface area contributed by atoms with Crippen LogP contribution in [0.4, 0.5) is 5.69 Å². The van der Waals surface area contributed by atoms with Gasteiger partial charge in [0.1, 0.15) is 30.6 Å². The standard InChI is InChI=1S/C23H23N3O8/c27-17(12-21(29)34-13-15-6-8-16(9-7-15)26(31)32)10-11-19-22(23(30)24-19)25-20(28)14-33-18-4-2-1-3-5-18/h1-9,19,22H,10-14H2,(H,24,30)(H,25,28). The normalized spacial score (nSPS) is 16.5. The largest absolute Gasteiger partial charge is 0.484 e. The van der Waals surface area contributed by atoms with Crippen molar-refractivity contribution >= 4 is 29.3 Å². The maximum atomic E-state index is 12.1. The molecule has 0 aromatic heterocycles. The van der Waals surface area contributed by atoms with Gasteiger partial charge in [0.05, 0.1) is 11.0 Å². The first-order chi connectivity index (χ1) is 16.3. The fourth-order valence-corrected chi connectivity index (χ4v) is 3.22. The number of ether oxygens (including phenoxy) is 2. The summed E-state index contributed by atoms with van der Waals surface area (Å²) in [6.07, 6.45) is -0.162. The van der Waals surface area contributed by atoms with E-state index in [0.717, 1.165) is 0 Å². The van der Waals surface area contributed by atoms with Crippen LogP contribution in [0.2, 0.25) is 0 Å². The molecule has 178 valence electrons. The summed E-state index contributed by atoms with van der Waals surface area (Å²) in [5.74, 6) is -1.38. The van der Waals surface area contributed by atoms with Crippen molar-refractivity contribution in [1.82, 2.24) is 10.6 Å². The zero-order valence-corrected chi connectivity index (χ0v) is 18.1. The van der Waals surface area contributed by atoms with Crippen LogP contribution in [0.3, 0.4) is 0 Å². The van der Waals surface area contributed by atoms with Crippen LogP contribution in [-0.4, -0.2) is 47.2 Å². The molecule has 1 aliphatic rings. The van der Waals surface area contributed by atoms with E-state index in [1.54, 1.807) is 24.3 Å². The number of nitro groups is 1. The van der Waals surface area contributed by atoms with Gasteiger partial charge in [-0.3, -0.25) is 29.3 Å². The fraction of sp³-hybridized carbons (Fsp3) is 0.304. The summed E-state index contributed by atoms with van der Waals surface area (Å²) >= 11 is 0. The number of nitrogens with zero attached hydrogens (tertiary/aromatic N) is 1. The van der Waals surface area contributed by atoms with Gasteiger partial charge >= 0.3 is 5.97 Å². The molecule has 2 atom stereocenters. The Morgan fingerprint density at radius 2 is 1.76 bits per heavy atom. The van der Waals surface area contributed by atoms with Crippen molar-refractivity contribution in [2.75, 3.05) is 6.61 Å². The van der Waals surface area contributed by atoms with E-state index in [9.17, 15) is 29.3 Å². The monoisotopic (exact) mass is 469 g/mol. The highest BCUT2D eigenvalue weighted by molar-refractivity contribution is 5.96. The average Bonchev–Trinajstić information content (AvgIpc) is 2.83. The highest BCUT2D eigenvalue weighted by Gasteiger charge is 2.40. The lowest BCUT2D eigenvalue weighted by molar-refractivity contribution is -0.384. The van der Waals surface area contributed by atoms with E-state index >= 15 is 0 Å². The van der Waals surface area contributed by atoms with Crippen molar-refractivity contribution in [1.29, 1.82) is 0 Å². The van der Waals surface area contributed by atoms with Crippen LogP contribution >= 0.6 is 0 Å². The summed E-state index contributed by atoms with van der Waals surface area (Å²) in [4.78, 5) is 57.9. The molecule has 0 aliphatic carbocycles. The molecule has 1 aliphatic heterocycles. The highest BCUT2D eigenvalue weighted by Crippen LogP contribution is 2.15. The number of nitro benzene ring substituents is 1. The lowest BCUT2D eigenvalue weighted by Gasteiger charge is -2.37. The lowest BCUT2D eigenvalue weighted by atomic mass is 9.93. The molecule has 1 fully saturated rings. The van der Waals surface area contributed by atoms with E-state index in [0.29, 0.717) is 11.3 Å². The quantitative estimate of drug-likeness (QED) is 0.156. The molecule has 2 amide bonds. The van der Waals surface area contributed by atoms with Crippen LogP contribution < -0.4 is 15.4 Å². The third kappa shape index (κ3) is 7.12. The number of Topliss-reactive ketones (excluding diaryl/α,β-unsaturated/α-hetero) is 1. The van der Waals surface area contributed by atoms with Crippen molar-refractivity contribution in [2.45, 2.75) is 38.0 Å². The highest BCUT2D eigenvalue weighted by atomic mass is 16.6. The van der Waals surface area contributed by atoms with E-state index in [2.05, 4.69) is 10.6 Å². The Morgan fingerprint density at radius 1 is 1.06 bits per heavy atom. The van der Waals surface area contributed by atoms with Crippen LogP contribution in [0.5, 0.6) is 5.75 Å². The predicted molar refractivity (Wildman–Crippen MR) is 118 cm³/mol. The van der Waals surface area contributed by atoms with Gasteiger partial charge in [-0.25, -0.2) is 0 Å². The van der Waals surface area contributed by atoms with Crippen LogP contribution in [0, 0.1) is 10.1 Å². The maximum absolute atomic E-state index is 12.1. The van der Waals surface area contributed by atoms with Crippen molar-refractivity contribution < 1.29 is 33.6 Å². The van der Waals surface area contributed by atoms with Gasteiger partial charge in [-0.2, -0.15) is 0 Å². The van der Waals surface area contributed by atoms with Crippen LogP contribution in [0.1, 0.15) is 24.8 Å². The summed E-state index contributed by atoms with van der Waals surface area (Å²) < 4.78 is 10.4. The number of non-ortho nitro benzene ring substituents is 1. The Hall–Kier alpha value is -4.28. The molecule has 2 aromatic carbocycles. The smallest absolute Gasteiger partial charge is 0.313 e.